The number of carbonyl (C=O) groups is 2. The van der Waals surface area contributed by atoms with E-state index in [0.717, 1.165) is 13.1 Å². The van der Waals surface area contributed by atoms with Crippen LogP contribution >= 0.6 is 11.6 Å². The van der Waals surface area contributed by atoms with Crippen LogP contribution in [0.1, 0.15) is 31.0 Å². The summed E-state index contributed by atoms with van der Waals surface area (Å²) in [7, 11) is 0. The molecule has 1 atom stereocenters. The number of likely N-dealkylation sites (N-methyl/N-ethyl adjacent to an activating group) is 1. The number of nitrogens with one attached hydrogen (secondary N) is 1. The van der Waals surface area contributed by atoms with Gasteiger partial charge in [0.25, 0.3) is 5.91 Å². The van der Waals surface area contributed by atoms with Crippen LogP contribution in [0.4, 0.5) is 0 Å². The van der Waals surface area contributed by atoms with Gasteiger partial charge in [-0.05, 0) is 49.2 Å². The number of likely N-dealkylation sites (tertiary alicyclic amines) is 1. The summed E-state index contributed by atoms with van der Waals surface area (Å²) in [4.78, 5) is 29.0. The lowest BCUT2D eigenvalue weighted by molar-refractivity contribution is -0.895. The molecular weight excluding hydrogens is 440 g/mol. The van der Waals surface area contributed by atoms with Gasteiger partial charge in [0.1, 0.15) is 12.4 Å². The van der Waals surface area contributed by atoms with E-state index in [-0.39, 0.29) is 5.57 Å². The van der Waals surface area contributed by atoms with Crippen LogP contribution < -0.4 is 14.7 Å². The Balaban J connectivity index is 2.09. The number of hydrogen-bond acceptors (Lipinski definition) is 4. The van der Waals surface area contributed by atoms with Crippen LogP contribution in [-0.2, 0) is 9.59 Å². The molecule has 1 amide bonds. The van der Waals surface area contributed by atoms with Gasteiger partial charge < -0.3 is 19.6 Å². The molecule has 1 unspecified atom stereocenters. The molecule has 1 saturated heterocycles. The minimum absolute atomic E-state index is 0.0438. The molecule has 1 heterocycles. The Bertz CT molecular complexity index is 1040. The normalized spacial score (nSPS) is 17.6. The van der Waals surface area contributed by atoms with E-state index < -0.39 is 23.5 Å². The molecule has 0 aliphatic carbocycles. The molecule has 0 bridgehead atoms. The van der Waals surface area contributed by atoms with Crippen molar-refractivity contribution in [2.75, 3.05) is 32.8 Å². The monoisotopic (exact) mass is 468 g/mol. The Morgan fingerprint density at radius 2 is 1.88 bits per heavy atom. The van der Waals surface area contributed by atoms with E-state index in [4.69, 9.17) is 16.3 Å². The zero-order chi connectivity index (χ0) is 24.0. The lowest BCUT2D eigenvalue weighted by Crippen LogP contribution is -3.12. The molecule has 1 N–H and O–H groups in total. The Hall–Kier alpha value is -3.09. The van der Waals surface area contributed by atoms with Crippen molar-refractivity contribution in [1.29, 1.82) is 0 Å². The van der Waals surface area contributed by atoms with Gasteiger partial charge in [-0.15, -0.1) is 0 Å². The summed E-state index contributed by atoms with van der Waals surface area (Å²) in [6, 6.07) is 12.7. The van der Waals surface area contributed by atoms with E-state index >= 15 is 0 Å². The van der Waals surface area contributed by atoms with Gasteiger partial charge in [0, 0.05) is 10.6 Å². The number of nitrogens with zero attached hydrogens (tertiary/aromatic N) is 1. The number of halogens is 1. The Morgan fingerprint density at radius 3 is 2.52 bits per heavy atom. The summed E-state index contributed by atoms with van der Waals surface area (Å²) in [5.41, 5.74) is 0.927. The number of hydrogen-bond donors (Lipinski definition) is 1. The first kappa shape index (κ1) is 24.6. The molecule has 7 heteroatoms. The smallest absolute Gasteiger partial charge is 0.295 e. The summed E-state index contributed by atoms with van der Waals surface area (Å²) in [6.07, 6.45) is 1.63. The third-order valence-corrected chi connectivity index (χ3v) is 6.14. The minimum Gasteiger partial charge on any atom is -0.872 e. The molecule has 1 aliphatic rings. The van der Waals surface area contributed by atoms with Crippen LogP contribution in [0.3, 0.4) is 0 Å². The zero-order valence-corrected chi connectivity index (χ0v) is 19.7. The number of ketones is 1. The highest BCUT2D eigenvalue weighted by Gasteiger charge is 2.44. The number of carbonyl (C=O) groups excluding carboxylic acids is 2. The van der Waals surface area contributed by atoms with Crippen molar-refractivity contribution in [2.45, 2.75) is 19.9 Å². The maximum absolute atomic E-state index is 13.4. The number of Topliss-reactive ketones (excluding diaryl/α,β-unsaturated/α-hetero) is 1. The molecule has 33 heavy (non-hydrogen) atoms. The average molecular weight is 469 g/mol. The summed E-state index contributed by atoms with van der Waals surface area (Å²) < 4.78 is 5.65. The molecule has 0 saturated carbocycles. The lowest BCUT2D eigenvalue weighted by atomic mass is 9.95. The summed E-state index contributed by atoms with van der Waals surface area (Å²) in [5, 5.41) is 13.9. The van der Waals surface area contributed by atoms with Gasteiger partial charge in [-0.25, -0.2) is 0 Å². The SMILES string of the molecule is C=CCOc1cccc(C2C(=C([O-])c3ccc(Cl)cc3)C(=O)C(=O)N2CC[NH+](CC)CC)c1. The topological polar surface area (TPSA) is 74.1 Å². The number of ether oxygens (including phenoxy) is 1. The van der Waals surface area contributed by atoms with Crippen molar-refractivity contribution in [1.82, 2.24) is 4.90 Å². The fraction of sp³-hybridized carbons (Fsp3) is 0.308. The third-order valence-electron chi connectivity index (χ3n) is 5.88. The second kappa shape index (κ2) is 11.2. The number of rotatable bonds is 10. The predicted octanol–water partition coefficient (Wildman–Crippen LogP) is 2.05. The molecular formula is C26H29ClN2O4. The van der Waals surface area contributed by atoms with Crippen molar-refractivity contribution < 1.29 is 24.3 Å². The predicted molar refractivity (Wildman–Crippen MR) is 127 cm³/mol. The fourth-order valence-electron chi connectivity index (χ4n) is 4.02. The summed E-state index contributed by atoms with van der Waals surface area (Å²) in [5.74, 6) is -1.30. The van der Waals surface area contributed by atoms with Crippen molar-refractivity contribution in [3.63, 3.8) is 0 Å². The van der Waals surface area contributed by atoms with Gasteiger partial charge in [-0.2, -0.15) is 0 Å². The molecule has 1 fully saturated rings. The van der Waals surface area contributed by atoms with Gasteiger partial charge in [0.2, 0.25) is 5.78 Å². The quantitative estimate of drug-likeness (QED) is 0.251. The van der Waals surface area contributed by atoms with Crippen molar-refractivity contribution in [3.05, 3.63) is 82.9 Å². The van der Waals surface area contributed by atoms with Crippen molar-refractivity contribution in [2.24, 2.45) is 0 Å². The molecule has 2 aromatic rings. The van der Waals surface area contributed by atoms with E-state index in [1.807, 2.05) is 6.07 Å². The number of amides is 1. The van der Waals surface area contributed by atoms with Crippen LogP contribution in [0, 0.1) is 0 Å². The molecule has 1 aliphatic heterocycles. The second-order valence-corrected chi connectivity index (χ2v) is 8.30. The van der Waals surface area contributed by atoms with Gasteiger partial charge in [0.15, 0.2) is 0 Å². The highest BCUT2D eigenvalue weighted by atomic mass is 35.5. The van der Waals surface area contributed by atoms with E-state index in [2.05, 4.69) is 20.4 Å². The highest BCUT2D eigenvalue weighted by Crippen LogP contribution is 2.39. The fourth-order valence-corrected chi connectivity index (χ4v) is 4.14. The molecule has 174 valence electrons. The van der Waals surface area contributed by atoms with E-state index in [9.17, 15) is 14.7 Å². The molecule has 0 radical (unpaired) electrons. The van der Waals surface area contributed by atoms with Gasteiger partial charge in [-0.3, -0.25) is 9.59 Å². The first-order chi connectivity index (χ1) is 15.9. The molecule has 6 nitrogen and oxygen atoms in total. The number of benzene rings is 2. The second-order valence-electron chi connectivity index (χ2n) is 7.86. The van der Waals surface area contributed by atoms with Crippen LogP contribution in [0.5, 0.6) is 5.75 Å². The van der Waals surface area contributed by atoms with E-state index in [0.29, 0.717) is 41.6 Å². The average Bonchev–Trinajstić information content (AvgIpc) is 3.08. The van der Waals surface area contributed by atoms with E-state index in [1.165, 1.54) is 9.80 Å². The zero-order valence-electron chi connectivity index (χ0n) is 19.0. The van der Waals surface area contributed by atoms with Crippen LogP contribution in [0.15, 0.2) is 66.8 Å². The maximum Gasteiger partial charge on any atom is 0.295 e. The standard InChI is InChI=1S/C26H29ClN2O4/c1-4-16-33-21-9-7-8-19(17-21)23-22(24(30)18-10-12-20(27)13-11-18)25(31)26(32)29(23)15-14-28(5-2)6-3/h4,7-13,17,23,30H,1,5-6,14-16H2,2-3H3. The van der Waals surface area contributed by atoms with Gasteiger partial charge >= 0.3 is 0 Å². The highest BCUT2D eigenvalue weighted by molar-refractivity contribution is 6.46. The Labute approximate surface area is 199 Å². The summed E-state index contributed by atoms with van der Waals surface area (Å²) in [6.45, 7) is 11.0. The van der Waals surface area contributed by atoms with E-state index in [1.54, 1.807) is 48.5 Å². The third kappa shape index (κ3) is 5.46. The van der Waals surface area contributed by atoms with Crippen LogP contribution in [-0.4, -0.2) is 49.4 Å². The van der Waals surface area contributed by atoms with Crippen LogP contribution in [0.25, 0.3) is 5.76 Å². The molecule has 0 spiro atoms. The van der Waals surface area contributed by atoms with Crippen LogP contribution in [0.2, 0.25) is 5.02 Å². The first-order valence-corrected chi connectivity index (χ1v) is 11.5. The minimum atomic E-state index is -0.782. The van der Waals surface area contributed by atoms with Gasteiger partial charge in [-0.1, -0.05) is 54.3 Å². The first-order valence-electron chi connectivity index (χ1n) is 11.1. The van der Waals surface area contributed by atoms with Crippen molar-refractivity contribution in [3.8, 4) is 5.75 Å². The van der Waals surface area contributed by atoms with Crippen molar-refractivity contribution >= 4 is 29.1 Å². The Morgan fingerprint density at radius 1 is 1.18 bits per heavy atom. The molecule has 0 aromatic heterocycles. The largest absolute Gasteiger partial charge is 0.872 e. The maximum atomic E-state index is 13.4. The lowest BCUT2D eigenvalue weighted by Gasteiger charge is -2.28. The molecule has 2 aromatic carbocycles. The summed E-state index contributed by atoms with van der Waals surface area (Å²) >= 11 is 5.96. The molecule has 3 rings (SSSR count). The number of quaternary nitrogens is 1. The Kier molecular flexibility index (Phi) is 8.31. The van der Waals surface area contributed by atoms with Gasteiger partial charge in [0.05, 0.1) is 32.2 Å².